The molecular formula is C18H29N3O8. The Bertz CT molecular complexity index is 621. The minimum absolute atomic E-state index is 0.0168. The standard InChI is InChI=1S/C13H20N2O5.C5H9NO3/c1-6-7(2)11(12(14)18)20-13(19-3)10(6)15-8(16)4-5-9(15)17;6-4(7)2-1-3-5(8)9/h6-7,10-11,13H,4-5H2,1-3H3,(H2,14,18);1-3H2,(H2,6,7)(H,8,9). The SMILES string of the molecule is COC1OC(C(N)=O)C(C)C(C)C1N1C(=O)CCC1=O.NC(=O)CCCC(=O)O. The molecule has 5 atom stereocenters. The van der Waals surface area contributed by atoms with Crippen molar-refractivity contribution in [3.8, 4) is 0 Å². The summed E-state index contributed by atoms with van der Waals surface area (Å²) in [5.74, 6) is -2.69. The highest BCUT2D eigenvalue weighted by Gasteiger charge is 2.50. The summed E-state index contributed by atoms with van der Waals surface area (Å²) in [6, 6.07) is -0.520. The van der Waals surface area contributed by atoms with Gasteiger partial charge in [-0.3, -0.25) is 28.9 Å². The number of nitrogens with two attached hydrogens (primary N) is 2. The molecule has 0 aliphatic carbocycles. The average Bonchev–Trinajstić information content (AvgIpc) is 2.95. The Labute approximate surface area is 168 Å². The normalized spacial score (nSPS) is 29.2. The van der Waals surface area contributed by atoms with Crippen molar-refractivity contribution in [3.05, 3.63) is 0 Å². The number of hydrogen-bond acceptors (Lipinski definition) is 7. The van der Waals surface area contributed by atoms with Gasteiger partial charge in [-0.1, -0.05) is 13.8 Å². The predicted molar refractivity (Wildman–Crippen MR) is 98.7 cm³/mol. The molecule has 11 heteroatoms. The fraction of sp³-hybridized carbons (Fsp3) is 0.722. The summed E-state index contributed by atoms with van der Waals surface area (Å²) >= 11 is 0. The van der Waals surface area contributed by atoms with Crippen LogP contribution >= 0.6 is 0 Å². The number of methoxy groups -OCH3 is 1. The lowest BCUT2D eigenvalue weighted by Gasteiger charge is -2.45. The molecule has 5 N–H and O–H groups in total. The van der Waals surface area contributed by atoms with Crippen molar-refractivity contribution < 1.29 is 38.6 Å². The van der Waals surface area contributed by atoms with E-state index in [0.29, 0.717) is 6.42 Å². The number of carbonyl (C=O) groups excluding carboxylic acids is 4. The first-order chi connectivity index (χ1) is 13.5. The molecule has 0 bridgehead atoms. The van der Waals surface area contributed by atoms with Crippen LogP contribution < -0.4 is 11.5 Å². The summed E-state index contributed by atoms with van der Waals surface area (Å²) in [4.78, 5) is 56.3. The largest absolute Gasteiger partial charge is 0.481 e. The number of aliphatic carboxylic acids is 1. The van der Waals surface area contributed by atoms with E-state index < -0.39 is 36.2 Å². The van der Waals surface area contributed by atoms with Crippen molar-refractivity contribution in [2.24, 2.45) is 23.3 Å². The molecule has 164 valence electrons. The molecule has 2 aliphatic rings. The molecule has 0 saturated carbocycles. The Morgan fingerprint density at radius 3 is 2.07 bits per heavy atom. The van der Waals surface area contributed by atoms with Crippen LogP contribution in [-0.2, 0) is 33.4 Å². The van der Waals surface area contributed by atoms with Crippen LogP contribution in [-0.4, -0.2) is 65.2 Å². The summed E-state index contributed by atoms with van der Waals surface area (Å²) in [7, 11) is 1.42. The van der Waals surface area contributed by atoms with E-state index >= 15 is 0 Å². The lowest BCUT2D eigenvalue weighted by Crippen LogP contribution is -2.61. The van der Waals surface area contributed by atoms with E-state index in [-0.39, 0.29) is 49.3 Å². The number of amides is 4. The van der Waals surface area contributed by atoms with Gasteiger partial charge in [-0.05, 0) is 18.3 Å². The maximum Gasteiger partial charge on any atom is 0.303 e. The Morgan fingerprint density at radius 2 is 1.66 bits per heavy atom. The molecule has 2 rings (SSSR count). The van der Waals surface area contributed by atoms with Gasteiger partial charge in [-0.2, -0.15) is 0 Å². The quantitative estimate of drug-likeness (QED) is 0.459. The average molecular weight is 415 g/mol. The summed E-state index contributed by atoms with van der Waals surface area (Å²) in [5.41, 5.74) is 10.1. The number of primary amides is 2. The zero-order valence-corrected chi connectivity index (χ0v) is 16.8. The van der Waals surface area contributed by atoms with Crippen molar-refractivity contribution in [2.75, 3.05) is 7.11 Å². The molecular weight excluding hydrogens is 386 g/mol. The zero-order valence-electron chi connectivity index (χ0n) is 16.8. The number of hydrogen-bond donors (Lipinski definition) is 3. The Hall–Kier alpha value is -2.53. The highest BCUT2D eigenvalue weighted by atomic mass is 16.7. The van der Waals surface area contributed by atoms with Gasteiger partial charge in [-0.15, -0.1) is 0 Å². The van der Waals surface area contributed by atoms with E-state index in [1.54, 1.807) is 0 Å². The maximum atomic E-state index is 11.9. The lowest BCUT2D eigenvalue weighted by atomic mass is 9.81. The van der Waals surface area contributed by atoms with Gasteiger partial charge in [0.25, 0.3) is 0 Å². The number of rotatable bonds is 7. The summed E-state index contributed by atoms with van der Waals surface area (Å²) in [6.07, 6.45) is -0.665. The molecule has 0 aromatic heterocycles. The number of carbonyl (C=O) groups is 5. The first kappa shape index (κ1) is 24.5. The van der Waals surface area contributed by atoms with Crippen molar-refractivity contribution in [1.82, 2.24) is 4.90 Å². The van der Waals surface area contributed by atoms with E-state index in [0.717, 1.165) is 0 Å². The van der Waals surface area contributed by atoms with E-state index in [4.69, 9.17) is 26.0 Å². The number of ether oxygens (including phenoxy) is 2. The van der Waals surface area contributed by atoms with Gasteiger partial charge >= 0.3 is 5.97 Å². The van der Waals surface area contributed by atoms with Crippen molar-refractivity contribution in [3.63, 3.8) is 0 Å². The second-order valence-corrected chi connectivity index (χ2v) is 7.14. The maximum absolute atomic E-state index is 11.9. The molecule has 2 saturated heterocycles. The third-order valence-corrected chi connectivity index (χ3v) is 5.12. The lowest BCUT2D eigenvalue weighted by molar-refractivity contribution is -0.237. The fourth-order valence-corrected chi connectivity index (χ4v) is 3.40. The van der Waals surface area contributed by atoms with Gasteiger partial charge in [-0.25, -0.2) is 0 Å². The van der Waals surface area contributed by atoms with E-state index in [9.17, 15) is 24.0 Å². The third-order valence-electron chi connectivity index (χ3n) is 5.12. The van der Waals surface area contributed by atoms with Gasteiger partial charge in [0, 0.05) is 32.8 Å². The first-order valence-corrected chi connectivity index (χ1v) is 9.33. The summed E-state index contributed by atoms with van der Waals surface area (Å²) < 4.78 is 10.8. The molecule has 2 aliphatic heterocycles. The molecule has 29 heavy (non-hydrogen) atoms. The minimum Gasteiger partial charge on any atom is -0.481 e. The second kappa shape index (κ2) is 10.9. The Morgan fingerprint density at radius 1 is 1.10 bits per heavy atom. The Balaban J connectivity index is 0.000000396. The van der Waals surface area contributed by atoms with Gasteiger partial charge < -0.3 is 26.0 Å². The van der Waals surface area contributed by atoms with Crippen LogP contribution in [0, 0.1) is 11.8 Å². The van der Waals surface area contributed by atoms with E-state index in [2.05, 4.69) is 0 Å². The fourth-order valence-electron chi connectivity index (χ4n) is 3.40. The van der Waals surface area contributed by atoms with Crippen molar-refractivity contribution in [1.29, 1.82) is 0 Å². The third kappa shape index (κ3) is 6.50. The van der Waals surface area contributed by atoms with E-state index in [1.807, 2.05) is 13.8 Å². The Kier molecular flexibility index (Phi) is 9.18. The first-order valence-electron chi connectivity index (χ1n) is 9.33. The van der Waals surface area contributed by atoms with Crippen molar-refractivity contribution >= 4 is 29.6 Å². The van der Waals surface area contributed by atoms with Gasteiger partial charge in [0.1, 0.15) is 6.10 Å². The molecule has 2 heterocycles. The summed E-state index contributed by atoms with van der Waals surface area (Å²) in [5, 5.41) is 8.07. The molecule has 4 amide bonds. The van der Waals surface area contributed by atoms with Gasteiger partial charge in [0.05, 0.1) is 6.04 Å². The van der Waals surface area contributed by atoms with Crippen LogP contribution in [0.1, 0.15) is 46.0 Å². The number of carboxylic acid groups (broad SMARTS) is 1. The number of likely N-dealkylation sites (tertiary alicyclic amines) is 1. The highest BCUT2D eigenvalue weighted by Crippen LogP contribution is 2.36. The van der Waals surface area contributed by atoms with Gasteiger partial charge in [0.15, 0.2) is 6.29 Å². The zero-order chi connectivity index (χ0) is 22.3. The van der Waals surface area contributed by atoms with Crippen LogP contribution in [0.2, 0.25) is 0 Å². The highest BCUT2D eigenvalue weighted by molar-refractivity contribution is 6.02. The second-order valence-electron chi connectivity index (χ2n) is 7.14. The monoisotopic (exact) mass is 415 g/mol. The number of imide groups is 1. The molecule has 11 nitrogen and oxygen atoms in total. The molecule has 2 fully saturated rings. The summed E-state index contributed by atoms with van der Waals surface area (Å²) in [6.45, 7) is 3.70. The molecule has 0 radical (unpaired) electrons. The molecule has 0 aromatic carbocycles. The van der Waals surface area contributed by atoms with Crippen LogP contribution in [0.25, 0.3) is 0 Å². The molecule has 0 spiro atoms. The topological polar surface area (TPSA) is 179 Å². The molecule has 5 unspecified atom stereocenters. The minimum atomic E-state index is -0.892. The van der Waals surface area contributed by atoms with Crippen molar-refractivity contribution in [2.45, 2.75) is 64.4 Å². The van der Waals surface area contributed by atoms with E-state index in [1.165, 1.54) is 12.0 Å². The van der Waals surface area contributed by atoms with Gasteiger partial charge in [0.2, 0.25) is 23.6 Å². The number of nitrogens with zero attached hydrogens (tertiary/aromatic N) is 1. The molecule has 0 aromatic rings. The van der Waals surface area contributed by atoms with Crippen LogP contribution in [0.3, 0.4) is 0 Å². The number of carboxylic acids is 1. The smallest absolute Gasteiger partial charge is 0.303 e. The predicted octanol–water partition coefficient (Wildman–Crippen LogP) is -0.641. The van der Waals surface area contributed by atoms with Crippen LogP contribution in [0.15, 0.2) is 0 Å². The van der Waals surface area contributed by atoms with Crippen LogP contribution in [0.4, 0.5) is 0 Å². The van der Waals surface area contributed by atoms with Crippen LogP contribution in [0.5, 0.6) is 0 Å².